The number of hydrogen-bond acceptors (Lipinski definition) is 4. The van der Waals surface area contributed by atoms with E-state index in [-0.39, 0.29) is 18.3 Å². The molecule has 0 radical (unpaired) electrons. The number of carbonyl (C=O) groups excluding carboxylic acids is 1. The number of carbonyl (C=O) groups is 1. The molecule has 1 aliphatic rings. The highest BCUT2D eigenvalue weighted by atomic mass is 16.6. The van der Waals surface area contributed by atoms with Crippen molar-refractivity contribution >= 4 is 6.09 Å². The molecule has 5 nitrogen and oxygen atoms in total. The molecular weight excluding hydrogens is 270 g/mol. The Kier molecular flexibility index (Phi) is 4.93. The van der Waals surface area contributed by atoms with Crippen LogP contribution in [0, 0.1) is 0 Å². The van der Waals surface area contributed by atoms with Gasteiger partial charge in [0.2, 0.25) is 0 Å². The molecule has 1 amide bonds. The molecule has 1 atom stereocenters. The van der Waals surface area contributed by atoms with E-state index in [1.165, 1.54) is 0 Å². The van der Waals surface area contributed by atoms with Crippen LogP contribution in [0.4, 0.5) is 4.79 Å². The second kappa shape index (κ2) is 6.52. The molecule has 118 valence electrons. The number of ether oxygens (including phenoxy) is 2. The zero-order valence-corrected chi connectivity index (χ0v) is 13.3. The summed E-state index contributed by atoms with van der Waals surface area (Å²) in [5.74, 6) is 0.838. The first-order valence-corrected chi connectivity index (χ1v) is 7.52. The van der Waals surface area contributed by atoms with E-state index in [4.69, 9.17) is 13.9 Å². The summed E-state index contributed by atoms with van der Waals surface area (Å²) < 4.78 is 16.7. The van der Waals surface area contributed by atoms with Gasteiger partial charge in [-0.2, -0.15) is 0 Å². The highest BCUT2D eigenvalue weighted by Gasteiger charge is 2.28. The minimum absolute atomic E-state index is 0.0573. The lowest BCUT2D eigenvalue weighted by atomic mass is 10.1. The number of piperidine rings is 1. The average Bonchev–Trinajstić information content (AvgIpc) is 2.91. The van der Waals surface area contributed by atoms with Gasteiger partial charge >= 0.3 is 6.09 Å². The highest BCUT2D eigenvalue weighted by Crippen LogP contribution is 2.24. The fourth-order valence-electron chi connectivity index (χ4n) is 2.38. The lowest BCUT2D eigenvalue weighted by molar-refractivity contribution is -0.0476. The predicted octanol–water partition coefficient (Wildman–Crippen LogP) is 3.76. The van der Waals surface area contributed by atoms with Crippen LogP contribution in [0.15, 0.2) is 22.8 Å². The Labute approximate surface area is 126 Å². The molecule has 0 N–H and O–H groups in total. The Morgan fingerprint density at radius 1 is 1.38 bits per heavy atom. The third kappa shape index (κ3) is 4.77. The summed E-state index contributed by atoms with van der Waals surface area (Å²) in [6, 6.07) is 3.78. The van der Waals surface area contributed by atoms with Crippen LogP contribution >= 0.6 is 0 Å². The van der Waals surface area contributed by atoms with Crippen LogP contribution in [-0.4, -0.2) is 35.8 Å². The van der Waals surface area contributed by atoms with Crippen LogP contribution < -0.4 is 0 Å². The molecule has 0 aliphatic carbocycles. The van der Waals surface area contributed by atoms with Crippen LogP contribution in [0.25, 0.3) is 0 Å². The molecular formula is C16H25NO4. The van der Waals surface area contributed by atoms with Gasteiger partial charge in [0.25, 0.3) is 0 Å². The van der Waals surface area contributed by atoms with Crippen molar-refractivity contribution in [1.82, 2.24) is 4.90 Å². The van der Waals surface area contributed by atoms with E-state index in [0.717, 1.165) is 18.6 Å². The molecule has 0 saturated carbocycles. The summed E-state index contributed by atoms with van der Waals surface area (Å²) in [6.07, 6.45) is 3.16. The van der Waals surface area contributed by atoms with Crippen molar-refractivity contribution in [2.75, 3.05) is 13.1 Å². The minimum Gasteiger partial charge on any atom is -0.467 e. The van der Waals surface area contributed by atoms with Crippen LogP contribution in [0.2, 0.25) is 0 Å². The van der Waals surface area contributed by atoms with Gasteiger partial charge in [-0.1, -0.05) is 0 Å². The summed E-state index contributed by atoms with van der Waals surface area (Å²) in [5, 5.41) is 0. The molecule has 21 heavy (non-hydrogen) atoms. The van der Waals surface area contributed by atoms with Gasteiger partial charge in [0.15, 0.2) is 0 Å². The summed E-state index contributed by atoms with van der Waals surface area (Å²) in [6.45, 7) is 8.97. The molecule has 0 bridgehead atoms. The molecule has 0 aromatic carbocycles. The van der Waals surface area contributed by atoms with Gasteiger partial charge in [-0.15, -0.1) is 0 Å². The summed E-state index contributed by atoms with van der Waals surface area (Å²) >= 11 is 0. The molecule has 1 aromatic rings. The number of furan rings is 1. The van der Waals surface area contributed by atoms with E-state index in [0.29, 0.717) is 13.1 Å². The molecule has 2 rings (SSSR count). The molecule has 1 fully saturated rings. The Morgan fingerprint density at radius 3 is 2.57 bits per heavy atom. The summed E-state index contributed by atoms with van der Waals surface area (Å²) in [4.78, 5) is 13.7. The second-order valence-electron chi connectivity index (χ2n) is 6.46. The number of likely N-dealkylation sites (tertiary alicyclic amines) is 1. The lowest BCUT2D eigenvalue weighted by Gasteiger charge is -2.34. The van der Waals surface area contributed by atoms with Crippen molar-refractivity contribution in [3.05, 3.63) is 24.2 Å². The topological polar surface area (TPSA) is 51.9 Å². The maximum Gasteiger partial charge on any atom is 0.410 e. The van der Waals surface area contributed by atoms with E-state index >= 15 is 0 Å². The third-order valence-electron chi connectivity index (χ3n) is 3.43. The maximum atomic E-state index is 12.0. The van der Waals surface area contributed by atoms with Crippen molar-refractivity contribution in [2.45, 2.75) is 58.3 Å². The molecule has 1 aromatic heterocycles. The van der Waals surface area contributed by atoms with Gasteiger partial charge in [0.05, 0.1) is 12.4 Å². The maximum absolute atomic E-state index is 12.0. The van der Waals surface area contributed by atoms with E-state index in [1.807, 2.05) is 39.8 Å². The fraction of sp³-hybridized carbons (Fsp3) is 0.688. The zero-order valence-electron chi connectivity index (χ0n) is 13.3. The fourth-order valence-corrected chi connectivity index (χ4v) is 2.38. The first-order chi connectivity index (χ1) is 9.85. The van der Waals surface area contributed by atoms with Crippen LogP contribution in [0.5, 0.6) is 0 Å². The average molecular weight is 295 g/mol. The van der Waals surface area contributed by atoms with Crippen molar-refractivity contribution in [2.24, 2.45) is 0 Å². The Morgan fingerprint density at radius 2 is 2.05 bits per heavy atom. The summed E-state index contributed by atoms with van der Waals surface area (Å²) in [7, 11) is 0. The van der Waals surface area contributed by atoms with Gasteiger partial charge in [0, 0.05) is 13.1 Å². The highest BCUT2D eigenvalue weighted by molar-refractivity contribution is 5.68. The minimum atomic E-state index is -0.446. The number of rotatable bonds is 3. The third-order valence-corrected chi connectivity index (χ3v) is 3.43. The predicted molar refractivity (Wildman–Crippen MR) is 79.0 cm³/mol. The smallest absolute Gasteiger partial charge is 0.410 e. The molecule has 2 heterocycles. The van der Waals surface area contributed by atoms with E-state index in [9.17, 15) is 4.79 Å². The number of nitrogens with zero attached hydrogens (tertiary/aromatic N) is 1. The molecule has 5 heteroatoms. The number of amides is 1. The van der Waals surface area contributed by atoms with Gasteiger partial charge < -0.3 is 18.8 Å². The van der Waals surface area contributed by atoms with Crippen LogP contribution in [0.3, 0.4) is 0 Å². The zero-order chi connectivity index (χ0) is 15.5. The van der Waals surface area contributed by atoms with Gasteiger partial charge in [-0.3, -0.25) is 0 Å². The SMILES string of the molecule is CC(OC1CCN(C(=O)OC(C)(C)C)CC1)c1ccco1. The number of hydrogen-bond donors (Lipinski definition) is 0. The largest absolute Gasteiger partial charge is 0.467 e. The van der Waals surface area contributed by atoms with Crippen LogP contribution in [-0.2, 0) is 9.47 Å². The van der Waals surface area contributed by atoms with Gasteiger partial charge in [-0.25, -0.2) is 4.79 Å². The van der Waals surface area contributed by atoms with Gasteiger partial charge in [0.1, 0.15) is 17.5 Å². The Hall–Kier alpha value is -1.49. The molecule has 1 saturated heterocycles. The monoisotopic (exact) mass is 295 g/mol. The van der Waals surface area contributed by atoms with Crippen molar-refractivity contribution in [3.8, 4) is 0 Å². The van der Waals surface area contributed by atoms with E-state index in [2.05, 4.69) is 0 Å². The Bertz CT molecular complexity index is 441. The first-order valence-electron chi connectivity index (χ1n) is 7.52. The normalized spacial score (nSPS) is 18.6. The van der Waals surface area contributed by atoms with Crippen molar-refractivity contribution < 1.29 is 18.7 Å². The standard InChI is InChI=1S/C16H25NO4/c1-12(14-6-5-11-19-14)20-13-7-9-17(10-8-13)15(18)21-16(2,3)4/h5-6,11-13H,7-10H2,1-4H3. The molecule has 0 spiro atoms. The lowest BCUT2D eigenvalue weighted by Crippen LogP contribution is -2.43. The quantitative estimate of drug-likeness (QED) is 0.852. The van der Waals surface area contributed by atoms with Crippen molar-refractivity contribution in [1.29, 1.82) is 0 Å². The molecule has 1 unspecified atom stereocenters. The van der Waals surface area contributed by atoms with E-state index in [1.54, 1.807) is 11.2 Å². The molecule has 1 aliphatic heterocycles. The van der Waals surface area contributed by atoms with Crippen LogP contribution in [0.1, 0.15) is 52.4 Å². The van der Waals surface area contributed by atoms with E-state index < -0.39 is 5.60 Å². The summed E-state index contributed by atoms with van der Waals surface area (Å²) in [5.41, 5.74) is -0.446. The van der Waals surface area contributed by atoms with Gasteiger partial charge in [-0.05, 0) is 52.7 Å². The van der Waals surface area contributed by atoms with Crippen molar-refractivity contribution in [3.63, 3.8) is 0 Å². The first kappa shape index (κ1) is 15.9. The second-order valence-corrected chi connectivity index (χ2v) is 6.46. The Balaban J connectivity index is 1.77.